The molecule has 2 rings (SSSR count). The van der Waals surface area contributed by atoms with Gasteiger partial charge in [0.1, 0.15) is 5.75 Å². The molecule has 0 aromatic heterocycles. The van der Waals surface area contributed by atoms with Crippen molar-refractivity contribution in [2.75, 3.05) is 12.4 Å². The van der Waals surface area contributed by atoms with Crippen LogP contribution >= 0.6 is 11.6 Å². The predicted molar refractivity (Wildman–Crippen MR) is 97.9 cm³/mol. The highest BCUT2D eigenvalue weighted by molar-refractivity contribution is 7.89. The van der Waals surface area contributed by atoms with Gasteiger partial charge in [0, 0.05) is 11.3 Å². The lowest BCUT2D eigenvalue weighted by Gasteiger charge is -2.13. The normalized spacial score (nSPS) is 11.4. The molecule has 2 aromatic carbocycles. The number of ether oxygens (including phenoxy) is 1. The maximum absolute atomic E-state index is 12.3. The summed E-state index contributed by atoms with van der Waals surface area (Å²) in [6, 6.07) is 10.6. The SMILES string of the molecule is CNS(=O)(=O)c1ccc(C(=O)Nc2ccc(OC(C)C)c(Cl)c2)cc1. The zero-order valence-electron chi connectivity index (χ0n) is 14.0. The van der Waals surface area contributed by atoms with E-state index < -0.39 is 10.0 Å². The molecule has 0 aliphatic heterocycles. The topological polar surface area (TPSA) is 84.5 Å². The number of anilines is 1. The Labute approximate surface area is 152 Å². The summed E-state index contributed by atoms with van der Waals surface area (Å²) in [5, 5.41) is 3.10. The fourth-order valence-electron chi connectivity index (χ4n) is 2.03. The summed E-state index contributed by atoms with van der Waals surface area (Å²) in [4.78, 5) is 12.4. The van der Waals surface area contributed by atoms with Gasteiger partial charge >= 0.3 is 0 Å². The van der Waals surface area contributed by atoms with Crippen LogP contribution in [0.4, 0.5) is 5.69 Å². The number of carbonyl (C=O) groups is 1. The number of halogens is 1. The minimum absolute atomic E-state index is 0.00894. The zero-order chi connectivity index (χ0) is 18.6. The third-order valence-corrected chi connectivity index (χ3v) is 4.97. The van der Waals surface area contributed by atoms with Gasteiger partial charge in [0.2, 0.25) is 10.0 Å². The molecule has 6 nitrogen and oxygen atoms in total. The van der Waals surface area contributed by atoms with E-state index in [0.29, 0.717) is 22.0 Å². The van der Waals surface area contributed by atoms with Crippen LogP contribution in [0.25, 0.3) is 0 Å². The minimum atomic E-state index is -3.53. The van der Waals surface area contributed by atoms with Crippen LogP contribution in [0.5, 0.6) is 5.75 Å². The van der Waals surface area contributed by atoms with Crippen molar-refractivity contribution in [3.8, 4) is 5.75 Å². The van der Waals surface area contributed by atoms with E-state index in [-0.39, 0.29) is 16.9 Å². The molecule has 0 fully saturated rings. The largest absolute Gasteiger partial charge is 0.489 e. The molecule has 0 atom stereocenters. The second kappa shape index (κ2) is 7.86. The molecule has 0 bridgehead atoms. The van der Waals surface area contributed by atoms with E-state index in [1.54, 1.807) is 18.2 Å². The summed E-state index contributed by atoms with van der Waals surface area (Å²) in [5.41, 5.74) is 0.840. The molecule has 2 aromatic rings. The third kappa shape index (κ3) is 4.94. The number of hydrogen-bond acceptors (Lipinski definition) is 4. The smallest absolute Gasteiger partial charge is 0.255 e. The molecule has 25 heavy (non-hydrogen) atoms. The quantitative estimate of drug-likeness (QED) is 0.802. The molecule has 0 saturated carbocycles. The zero-order valence-corrected chi connectivity index (χ0v) is 15.6. The molecule has 0 saturated heterocycles. The van der Waals surface area contributed by atoms with Crippen molar-refractivity contribution < 1.29 is 17.9 Å². The van der Waals surface area contributed by atoms with Crippen molar-refractivity contribution in [3.05, 3.63) is 53.1 Å². The van der Waals surface area contributed by atoms with E-state index in [0.717, 1.165) is 0 Å². The Kier molecular flexibility index (Phi) is 6.05. The van der Waals surface area contributed by atoms with Crippen molar-refractivity contribution in [2.24, 2.45) is 0 Å². The molecule has 0 spiro atoms. The second-order valence-electron chi connectivity index (χ2n) is 5.50. The van der Waals surface area contributed by atoms with E-state index in [4.69, 9.17) is 16.3 Å². The molecule has 2 N–H and O–H groups in total. The number of amides is 1. The van der Waals surface area contributed by atoms with Crippen LogP contribution in [0.2, 0.25) is 5.02 Å². The lowest BCUT2D eigenvalue weighted by molar-refractivity contribution is 0.102. The third-order valence-electron chi connectivity index (χ3n) is 3.25. The maximum Gasteiger partial charge on any atom is 0.255 e. The van der Waals surface area contributed by atoms with Gasteiger partial charge in [-0.05, 0) is 63.4 Å². The summed E-state index contributed by atoms with van der Waals surface area (Å²) in [5.74, 6) is 0.165. The molecular weight excluding hydrogens is 364 g/mol. The Hall–Kier alpha value is -2.09. The number of carbonyl (C=O) groups excluding carboxylic acids is 1. The van der Waals surface area contributed by atoms with Crippen LogP contribution in [0.15, 0.2) is 47.4 Å². The number of sulfonamides is 1. The van der Waals surface area contributed by atoms with E-state index in [1.165, 1.54) is 31.3 Å². The Morgan fingerprint density at radius 3 is 2.28 bits per heavy atom. The van der Waals surface area contributed by atoms with Crippen LogP contribution < -0.4 is 14.8 Å². The van der Waals surface area contributed by atoms with Crippen LogP contribution in [-0.4, -0.2) is 27.5 Å². The van der Waals surface area contributed by atoms with Crippen LogP contribution in [-0.2, 0) is 10.0 Å². The van der Waals surface area contributed by atoms with Gasteiger partial charge in [0.15, 0.2) is 0 Å². The first-order valence-corrected chi connectivity index (χ1v) is 9.40. The minimum Gasteiger partial charge on any atom is -0.489 e. The highest BCUT2D eigenvalue weighted by Gasteiger charge is 2.13. The van der Waals surface area contributed by atoms with Crippen molar-refractivity contribution in [3.63, 3.8) is 0 Å². The molecular formula is C17H19ClN2O4S. The van der Waals surface area contributed by atoms with Crippen LogP contribution in [0.1, 0.15) is 24.2 Å². The fraction of sp³-hybridized carbons (Fsp3) is 0.235. The monoisotopic (exact) mass is 382 g/mol. The average Bonchev–Trinajstić information content (AvgIpc) is 2.57. The van der Waals surface area contributed by atoms with Gasteiger partial charge in [-0.25, -0.2) is 13.1 Å². The predicted octanol–water partition coefficient (Wildman–Crippen LogP) is 3.29. The van der Waals surface area contributed by atoms with Gasteiger partial charge < -0.3 is 10.1 Å². The molecule has 134 valence electrons. The van der Waals surface area contributed by atoms with E-state index >= 15 is 0 Å². The van der Waals surface area contributed by atoms with E-state index in [9.17, 15) is 13.2 Å². The first-order valence-electron chi connectivity index (χ1n) is 7.54. The molecule has 0 heterocycles. The number of benzene rings is 2. The number of hydrogen-bond donors (Lipinski definition) is 2. The Morgan fingerprint density at radius 1 is 1.12 bits per heavy atom. The van der Waals surface area contributed by atoms with Gasteiger partial charge in [-0.2, -0.15) is 0 Å². The van der Waals surface area contributed by atoms with Gasteiger partial charge in [-0.3, -0.25) is 4.79 Å². The van der Waals surface area contributed by atoms with E-state index in [1.807, 2.05) is 13.8 Å². The summed E-state index contributed by atoms with van der Waals surface area (Å²) in [6.07, 6.45) is -0.00894. The van der Waals surface area contributed by atoms with Crippen LogP contribution in [0, 0.1) is 0 Å². The van der Waals surface area contributed by atoms with Gasteiger partial charge in [0.25, 0.3) is 5.91 Å². The Bertz CT molecular complexity index is 865. The molecule has 0 aliphatic rings. The lowest BCUT2D eigenvalue weighted by atomic mass is 10.2. The van der Waals surface area contributed by atoms with Crippen molar-refractivity contribution >= 4 is 33.2 Å². The van der Waals surface area contributed by atoms with Crippen molar-refractivity contribution in [1.82, 2.24) is 4.72 Å². The highest BCUT2D eigenvalue weighted by Crippen LogP contribution is 2.28. The Balaban J connectivity index is 2.13. The molecule has 8 heteroatoms. The fourth-order valence-corrected chi connectivity index (χ4v) is 2.99. The average molecular weight is 383 g/mol. The van der Waals surface area contributed by atoms with Crippen molar-refractivity contribution in [1.29, 1.82) is 0 Å². The summed E-state index contributed by atoms with van der Waals surface area (Å²) in [6.45, 7) is 3.79. The van der Waals surface area contributed by atoms with Gasteiger partial charge in [-0.15, -0.1) is 0 Å². The standard InChI is InChI=1S/C17H19ClN2O4S/c1-11(2)24-16-9-6-13(10-15(16)18)20-17(21)12-4-7-14(8-5-12)25(22,23)19-3/h4-11,19H,1-3H3,(H,20,21). The molecule has 1 amide bonds. The molecule has 0 radical (unpaired) electrons. The first kappa shape index (κ1) is 19.2. The highest BCUT2D eigenvalue weighted by atomic mass is 35.5. The lowest BCUT2D eigenvalue weighted by Crippen LogP contribution is -2.19. The number of rotatable bonds is 6. The van der Waals surface area contributed by atoms with Gasteiger partial charge in [0.05, 0.1) is 16.0 Å². The molecule has 0 unspecified atom stereocenters. The maximum atomic E-state index is 12.3. The first-order chi connectivity index (χ1) is 11.7. The summed E-state index contributed by atoms with van der Waals surface area (Å²) >= 11 is 6.14. The van der Waals surface area contributed by atoms with Crippen molar-refractivity contribution in [2.45, 2.75) is 24.8 Å². The van der Waals surface area contributed by atoms with Gasteiger partial charge in [-0.1, -0.05) is 11.6 Å². The summed E-state index contributed by atoms with van der Waals surface area (Å²) < 4.78 is 31.1. The second-order valence-corrected chi connectivity index (χ2v) is 7.79. The molecule has 0 aliphatic carbocycles. The number of nitrogens with one attached hydrogen (secondary N) is 2. The van der Waals surface area contributed by atoms with Crippen LogP contribution in [0.3, 0.4) is 0 Å². The van der Waals surface area contributed by atoms with E-state index in [2.05, 4.69) is 10.0 Å². The summed E-state index contributed by atoms with van der Waals surface area (Å²) in [7, 11) is -2.21. The Morgan fingerprint density at radius 2 is 1.76 bits per heavy atom.